The van der Waals surface area contributed by atoms with E-state index in [1.807, 2.05) is 30.5 Å². The van der Waals surface area contributed by atoms with Gasteiger partial charge in [-0.25, -0.2) is 0 Å². The van der Waals surface area contributed by atoms with Crippen molar-refractivity contribution in [3.63, 3.8) is 0 Å². The number of amides is 1. The summed E-state index contributed by atoms with van der Waals surface area (Å²) >= 11 is 0. The average molecular weight is 335 g/mol. The first-order chi connectivity index (χ1) is 12.1. The fourth-order valence-corrected chi connectivity index (χ4v) is 2.82. The van der Waals surface area contributed by atoms with E-state index in [2.05, 4.69) is 17.1 Å². The van der Waals surface area contributed by atoms with Crippen molar-refractivity contribution in [1.29, 1.82) is 0 Å². The third-order valence-electron chi connectivity index (χ3n) is 4.07. The van der Waals surface area contributed by atoms with Gasteiger partial charge in [0.2, 0.25) is 5.91 Å². The highest BCUT2D eigenvalue weighted by atomic mass is 16.6. The highest BCUT2D eigenvalue weighted by Crippen LogP contribution is 2.31. The van der Waals surface area contributed by atoms with Gasteiger partial charge in [0.15, 0.2) is 0 Å². The Hall–Kier alpha value is -3.28. The highest BCUT2D eigenvalue weighted by molar-refractivity contribution is 5.94. The lowest BCUT2D eigenvalue weighted by atomic mass is 10.1. The van der Waals surface area contributed by atoms with Crippen molar-refractivity contribution >= 4 is 28.2 Å². The van der Waals surface area contributed by atoms with Crippen LogP contribution in [0.25, 0.3) is 10.9 Å². The molecule has 4 rings (SSSR count). The molecule has 0 saturated heterocycles. The number of hydrogen-bond donors (Lipinski definition) is 0. The van der Waals surface area contributed by atoms with Gasteiger partial charge in [-0.3, -0.25) is 19.9 Å². The van der Waals surface area contributed by atoms with Crippen LogP contribution in [0.1, 0.15) is 12.5 Å². The number of fused-ring (bicyclic) bond motifs is 2. The van der Waals surface area contributed by atoms with Crippen molar-refractivity contribution in [2.45, 2.75) is 13.3 Å². The number of pyridine rings is 1. The lowest BCUT2D eigenvalue weighted by Gasteiger charge is -2.13. The summed E-state index contributed by atoms with van der Waals surface area (Å²) in [5.41, 5.74) is 2.76. The summed E-state index contributed by atoms with van der Waals surface area (Å²) in [6, 6.07) is 16.7. The van der Waals surface area contributed by atoms with Crippen LogP contribution in [0.4, 0.5) is 11.4 Å². The van der Waals surface area contributed by atoms with Gasteiger partial charge >= 0.3 is 0 Å². The number of benzene rings is 2. The molecule has 1 aliphatic heterocycles. The van der Waals surface area contributed by atoms with E-state index in [0.717, 1.165) is 17.5 Å². The second-order valence-electron chi connectivity index (χ2n) is 5.69. The zero-order valence-corrected chi connectivity index (χ0v) is 13.8. The van der Waals surface area contributed by atoms with Crippen molar-refractivity contribution in [1.82, 2.24) is 4.98 Å². The average Bonchev–Trinajstić information content (AvgIpc) is 3.06. The molecular weight excluding hydrogens is 318 g/mol. The van der Waals surface area contributed by atoms with Gasteiger partial charge in [0.1, 0.15) is 0 Å². The van der Waals surface area contributed by atoms with E-state index in [0.29, 0.717) is 12.2 Å². The molecule has 0 aliphatic carbocycles. The fraction of sp³-hybridized carbons (Fsp3) is 0.158. The zero-order valence-electron chi connectivity index (χ0n) is 13.8. The monoisotopic (exact) mass is 335 g/mol. The molecule has 1 amide bonds. The van der Waals surface area contributed by atoms with Crippen molar-refractivity contribution in [2.24, 2.45) is 0 Å². The van der Waals surface area contributed by atoms with E-state index in [9.17, 15) is 14.9 Å². The van der Waals surface area contributed by atoms with Crippen molar-refractivity contribution in [3.8, 4) is 0 Å². The smallest absolute Gasteiger partial charge is 0.271 e. The van der Waals surface area contributed by atoms with E-state index in [4.69, 9.17) is 0 Å². The Morgan fingerprint density at radius 1 is 1.16 bits per heavy atom. The minimum atomic E-state index is -0.448. The third kappa shape index (κ3) is 3.63. The van der Waals surface area contributed by atoms with Crippen LogP contribution in [-0.2, 0) is 11.2 Å². The molecule has 6 heteroatoms. The summed E-state index contributed by atoms with van der Waals surface area (Å²) in [4.78, 5) is 27.1. The molecule has 25 heavy (non-hydrogen) atoms. The number of aromatic nitrogens is 1. The van der Waals surface area contributed by atoms with Crippen LogP contribution in [0.5, 0.6) is 0 Å². The largest absolute Gasteiger partial charge is 0.312 e. The van der Waals surface area contributed by atoms with Crippen molar-refractivity contribution in [2.75, 3.05) is 11.4 Å². The number of carbonyl (C=O) groups excluding carboxylic acids is 1. The van der Waals surface area contributed by atoms with Crippen LogP contribution >= 0.6 is 0 Å². The Morgan fingerprint density at radius 3 is 2.64 bits per heavy atom. The molecule has 0 radical (unpaired) electrons. The SMILES string of the molecule is CC(=O)N1CCc2ccc([N+](=O)[O-])cc21.c1ccc2ncccc2c1. The maximum Gasteiger partial charge on any atom is 0.271 e. The lowest BCUT2D eigenvalue weighted by Crippen LogP contribution is -2.25. The van der Waals surface area contributed by atoms with Gasteiger partial charge in [0, 0.05) is 37.2 Å². The second-order valence-corrected chi connectivity index (χ2v) is 5.69. The van der Waals surface area contributed by atoms with Gasteiger partial charge in [-0.2, -0.15) is 0 Å². The lowest BCUT2D eigenvalue weighted by molar-refractivity contribution is -0.384. The molecular formula is C19H17N3O3. The van der Waals surface area contributed by atoms with Crippen LogP contribution in [0.3, 0.4) is 0 Å². The van der Waals surface area contributed by atoms with Crippen molar-refractivity contribution in [3.05, 3.63) is 76.5 Å². The maximum absolute atomic E-state index is 11.2. The van der Waals surface area contributed by atoms with E-state index in [1.54, 1.807) is 11.0 Å². The highest BCUT2D eigenvalue weighted by Gasteiger charge is 2.24. The van der Waals surface area contributed by atoms with Crippen LogP contribution in [0.15, 0.2) is 60.8 Å². The maximum atomic E-state index is 11.2. The molecule has 0 bridgehead atoms. The number of rotatable bonds is 1. The topological polar surface area (TPSA) is 76.3 Å². The number of nitrogens with zero attached hydrogens (tertiary/aromatic N) is 3. The molecule has 126 valence electrons. The normalized spacial score (nSPS) is 12.3. The third-order valence-corrected chi connectivity index (χ3v) is 4.07. The van der Waals surface area contributed by atoms with Gasteiger partial charge in [-0.05, 0) is 24.1 Å². The first-order valence-corrected chi connectivity index (χ1v) is 7.91. The number of para-hydroxylation sites is 1. The van der Waals surface area contributed by atoms with E-state index in [-0.39, 0.29) is 11.6 Å². The molecule has 0 unspecified atom stereocenters. The van der Waals surface area contributed by atoms with Gasteiger partial charge in [0.05, 0.1) is 16.1 Å². The Bertz CT molecular complexity index is 875. The van der Waals surface area contributed by atoms with E-state index < -0.39 is 4.92 Å². The van der Waals surface area contributed by atoms with Gasteiger partial charge < -0.3 is 4.90 Å². The minimum Gasteiger partial charge on any atom is -0.312 e. The number of carbonyl (C=O) groups is 1. The Morgan fingerprint density at radius 2 is 1.92 bits per heavy atom. The molecule has 0 N–H and O–H groups in total. The molecule has 0 spiro atoms. The number of nitro benzene ring substituents is 1. The molecule has 2 heterocycles. The second kappa shape index (κ2) is 7.09. The molecule has 0 fully saturated rings. The van der Waals surface area contributed by atoms with Gasteiger partial charge in [-0.15, -0.1) is 0 Å². The Balaban J connectivity index is 0.000000157. The Kier molecular flexibility index (Phi) is 4.70. The number of hydrogen-bond acceptors (Lipinski definition) is 4. The van der Waals surface area contributed by atoms with E-state index >= 15 is 0 Å². The molecule has 3 aromatic rings. The quantitative estimate of drug-likeness (QED) is 0.501. The molecule has 2 aromatic carbocycles. The van der Waals surface area contributed by atoms with Gasteiger partial charge in [0.25, 0.3) is 5.69 Å². The summed E-state index contributed by atoms with van der Waals surface area (Å²) in [5, 5.41) is 11.8. The van der Waals surface area contributed by atoms with Crippen LogP contribution < -0.4 is 4.90 Å². The first kappa shape index (κ1) is 16.6. The fourth-order valence-electron chi connectivity index (χ4n) is 2.82. The first-order valence-electron chi connectivity index (χ1n) is 7.91. The summed E-state index contributed by atoms with van der Waals surface area (Å²) in [6.45, 7) is 2.08. The minimum absolute atomic E-state index is 0.0295. The summed E-state index contributed by atoms with van der Waals surface area (Å²) in [6.07, 6.45) is 2.58. The molecule has 0 saturated carbocycles. The van der Waals surface area contributed by atoms with E-state index in [1.165, 1.54) is 24.4 Å². The van der Waals surface area contributed by atoms with Gasteiger partial charge in [-0.1, -0.05) is 30.3 Å². The molecule has 0 atom stereocenters. The molecule has 1 aliphatic rings. The summed E-state index contributed by atoms with van der Waals surface area (Å²) < 4.78 is 0. The predicted molar refractivity (Wildman–Crippen MR) is 96.6 cm³/mol. The van der Waals surface area contributed by atoms with Crippen LogP contribution in [-0.4, -0.2) is 22.4 Å². The standard InChI is InChI=1S/C10H10N2O3.C9H7N/c1-7(13)11-5-4-8-2-3-9(12(14)15)6-10(8)11;1-2-6-9-8(4-1)5-3-7-10-9/h2-3,6H,4-5H2,1H3;1-7H. The predicted octanol–water partition coefficient (Wildman–Crippen LogP) is 3.74. The summed E-state index contributed by atoms with van der Waals surface area (Å²) in [5.74, 6) is -0.0748. The van der Waals surface area contributed by atoms with Crippen LogP contribution in [0, 0.1) is 10.1 Å². The number of anilines is 1. The summed E-state index contributed by atoms with van der Waals surface area (Å²) in [7, 11) is 0. The zero-order chi connectivity index (χ0) is 17.8. The molecule has 1 aromatic heterocycles. The Labute approximate surface area is 144 Å². The van der Waals surface area contributed by atoms with Crippen LogP contribution in [0.2, 0.25) is 0 Å². The number of non-ortho nitro benzene ring substituents is 1. The van der Waals surface area contributed by atoms with Crippen molar-refractivity contribution < 1.29 is 9.72 Å². The number of nitro groups is 1. The molecule has 6 nitrogen and oxygen atoms in total.